The smallest absolute Gasteiger partial charge is 0.244 e. The number of rotatable bonds is 4. The van der Waals surface area contributed by atoms with E-state index in [4.69, 9.17) is 28.9 Å². The molecule has 1 aromatic rings. The zero-order valence-electron chi connectivity index (χ0n) is 11.9. The van der Waals surface area contributed by atoms with Gasteiger partial charge in [0.2, 0.25) is 10.0 Å². The first-order chi connectivity index (χ1) is 9.82. The van der Waals surface area contributed by atoms with Gasteiger partial charge < -0.3 is 5.73 Å². The van der Waals surface area contributed by atoms with Crippen LogP contribution in [0.4, 0.5) is 0 Å². The maximum Gasteiger partial charge on any atom is 0.244 e. The molecule has 3 N–H and O–H groups in total. The highest BCUT2D eigenvalue weighted by Gasteiger charge is 2.41. The van der Waals surface area contributed by atoms with Crippen molar-refractivity contribution >= 4 is 33.2 Å². The van der Waals surface area contributed by atoms with E-state index in [-0.39, 0.29) is 27.4 Å². The van der Waals surface area contributed by atoms with E-state index >= 15 is 0 Å². The van der Waals surface area contributed by atoms with Crippen molar-refractivity contribution in [3.63, 3.8) is 0 Å². The summed E-state index contributed by atoms with van der Waals surface area (Å²) in [5.74, 6) is 0.173. The van der Waals surface area contributed by atoms with E-state index in [0.717, 1.165) is 25.7 Å². The normalized spacial score (nSPS) is 26.8. The molecule has 1 fully saturated rings. The molecule has 0 spiro atoms. The van der Waals surface area contributed by atoms with Crippen molar-refractivity contribution in [2.75, 3.05) is 6.54 Å². The number of nitrogens with one attached hydrogen (secondary N) is 1. The van der Waals surface area contributed by atoms with Gasteiger partial charge in [-0.05, 0) is 30.9 Å². The molecule has 118 valence electrons. The van der Waals surface area contributed by atoms with Gasteiger partial charge in [-0.1, -0.05) is 49.0 Å². The summed E-state index contributed by atoms with van der Waals surface area (Å²) in [6.45, 7) is 2.29. The third-order valence-electron chi connectivity index (χ3n) is 4.34. The molecule has 1 saturated carbocycles. The van der Waals surface area contributed by atoms with Crippen LogP contribution in [-0.4, -0.2) is 20.5 Å². The van der Waals surface area contributed by atoms with Crippen LogP contribution in [0.5, 0.6) is 0 Å². The number of halogens is 2. The molecule has 0 aromatic heterocycles. The van der Waals surface area contributed by atoms with E-state index in [1.165, 1.54) is 12.1 Å². The molecule has 0 saturated heterocycles. The van der Waals surface area contributed by atoms with Gasteiger partial charge in [0.15, 0.2) is 0 Å². The molecule has 4 nitrogen and oxygen atoms in total. The van der Waals surface area contributed by atoms with E-state index in [1.54, 1.807) is 6.07 Å². The van der Waals surface area contributed by atoms with Crippen molar-refractivity contribution in [3.8, 4) is 0 Å². The summed E-state index contributed by atoms with van der Waals surface area (Å²) >= 11 is 12.0. The first-order valence-corrected chi connectivity index (χ1v) is 9.24. The van der Waals surface area contributed by atoms with Crippen molar-refractivity contribution < 1.29 is 8.42 Å². The Kier molecular flexibility index (Phi) is 5.21. The fourth-order valence-electron chi connectivity index (χ4n) is 2.97. The van der Waals surface area contributed by atoms with Crippen LogP contribution in [0.3, 0.4) is 0 Å². The molecule has 1 aliphatic carbocycles. The Morgan fingerprint density at radius 2 is 1.95 bits per heavy atom. The lowest BCUT2D eigenvalue weighted by molar-refractivity contribution is 0.191. The summed E-state index contributed by atoms with van der Waals surface area (Å²) < 4.78 is 28.2. The minimum absolute atomic E-state index is 0.0704. The Balaban J connectivity index is 2.40. The predicted molar refractivity (Wildman–Crippen MR) is 86.2 cm³/mol. The van der Waals surface area contributed by atoms with Gasteiger partial charge >= 0.3 is 0 Å². The molecule has 1 aromatic carbocycles. The minimum atomic E-state index is -3.82. The molecule has 1 aliphatic rings. The van der Waals surface area contributed by atoms with Gasteiger partial charge in [0.05, 0.1) is 10.0 Å². The average Bonchev–Trinajstić information content (AvgIpc) is 2.40. The Morgan fingerprint density at radius 1 is 1.33 bits per heavy atom. The molecular weight excluding hydrogens is 331 g/mol. The monoisotopic (exact) mass is 350 g/mol. The number of hydrogen-bond donors (Lipinski definition) is 2. The average molecular weight is 351 g/mol. The third kappa shape index (κ3) is 3.37. The number of nitrogens with two attached hydrogens (primary N) is 1. The molecule has 2 rings (SSSR count). The molecule has 0 heterocycles. The van der Waals surface area contributed by atoms with Crippen molar-refractivity contribution in [3.05, 3.63) is 28.2 Å². The zero-order valence-corrected chi connectivity index (χ0v) is 14.2. The van der Waals surface area contributed by atoms with Gasteiger partial charge in [0.1, 0.15) is 4.90 Å². The standard InChI is InChI=1S/C14H20Cl2N2O2S/c1-10-5-2-3-8-14(10,9-17)18-21(19,20)13-11(15)6-4-7-12(13)16/h4,6-7,10,18H,2-3,5,8-9,17H2,1H3. The summed E-state index contributed by atoms with van der Waals surface area (Å²) in [5, 5.41) is 0.233. The van der Waals surface area contributed by atoms with Crippen LogP contribution in [0.2, 0.25) is 10.0 Å². The molecule has 2 atom stereocenters. The maximum absolute atomic E-state index is 12.7. The summed E-state index contributed by atoms with van der Waals surface area (Å²) in [6, 6.07) is 4.65. The van der Waals surface area contributed by atoms with Crippen LogP contribution in [0, 0.1) is 5.92 Å². The quantitative estimate of drug-likeness (QED) is 0.875. The van der Waals surface area contributed by atoms with Crippen LogP contribution in [-0.2, 0) is 10.0 Å². The fourth-order valence-corrected chi connectivity index (χ4v) is 5.65. The second-order valence-corrected chi connectivity index (χ2v) is 8.10. The summed E-state index contributed by atoms with van der Waals surface area (Å²) in [6.07, 6.45) is 3.74. The van der Waals surface area contributed by atoms with Crippen LogP contribution >= 0.6 is 23.2 Å². The lowest BCUT2D eigenvalue weighted by Crippen LogP contribution is -2.59. The topological polar surface area (TPSA) is 72.2 Å². The number of sulfonamides is 1. The second kappa shape index (κ2) is 6.42. The first kappa shape index (κ1) is 17.0. The second-order valence-electron chi connectivity index (χ2n) is 5.66. The lowest BCUT2D eigenvalue weighted by atomic mass is 9.74. The summed E-state index contributed by atoms with van der Waals surface area (Å²) in [7, 11) is -3.82. The van der Waals surface area contributed by atoms with Gasteiger partial charge in [-0.2, -0.15) is 0 Å². The highest BCUT2D eigenvalue weighted by atomic mass is 35.5. The lowest BCUT2D eigenvalue weighted by Gasteiger charge is -2.42. The Hall–Kier alpha value is -0.330. The molecular formula is C14H20Cl2N2O2S. The summed E-state index contributed by atoms with van der Waals surface area (Å²) in [5.41, 5.74) is 5.27. The van der Waals surface area contributed by atoms with E-state index in [2.05, 4.69) is 4.72 Å². The zero-order chi connectivity index (χ0) is 15.7. The van der Waals surface area contributed by atoms with Crippen LogP contribution in [0.15, 0.2) is 23.1 Å². The summed E-state index contributed by atoms with van der Waals surface area (Å²) in [4.78, 5) is -0.0704. The molecule has 0 radical (unpaired) electrons. The third-order valence-corrected chi connectivity index (χ3v) is 6.85. The number of hydrogen-bond acceptors (Lipinski definition) is 3. The van der Waals surface area contributed by atoms with Gasteiger partial charge in [-0.25, -0.2) is 13.1 Å². The van der Waals surface area contributed by atoms with Crippen LogP contribution in [0.25, 0.3) is 0 Å². The molecule has 7 heteroatoms. The van der Waals surface area contributed by atoms with Gasteiger partial charge in [0, 0.05) is 12.1 Å². The van der Waals surface area contributed by atoms with Crippen molar-refractivity contribution in [2.24, 2.45) is 11.7 Å². The van der Waals surface area contributed by atoms with E-state index in [0.29, 0.717) is 0 Å². The fraction of sp³-hybridized carbons (Fsp3) is 0.571. The van der Waals surface area contributed by atoms with Gasteiger partial charge in [-0.3, -0.25) is 0 Å². The van der Waals surface area contributed by atoms with E-state index in [1.807, 2.05) is 6.92 Å². The highest BCUT2D eigenvalue weighted by molar-refractivity contribution is 7.89. The number of benzene rings is 1. The predicted octanol–water partition coefficient (Wildman–Crippen LogP) is 3.18. The Morgan fingerprint density at radius 3 is 2.48 bits per heavy atom. The molecule has 0 aliphatic heterocycles. The van der Waals surface area contributed by atoms with Crippen LogP contribution in [0.1, 0.15) is 32.6 Å². The van der Waals surface area contributed by atoms with Crippen LogP contribution < -0.4 is 10.5 Å². The molecule has 2 unspecified atom stereocenters. The SMILES string of the molecule is CC1CCCCC1(CN)NS(=O)(=O)c1c(Cl)cccc1Cl. The Bertz CT molecular complexity index is 601. The van der Waals surface area contributed by atoms with Crippen molar-refractivity contribution in [1.29, 1.82) is 0 Å². The Labute approximate surface area is 136 Å². The minimum Gasteiger partial charge on any atom is -0.329 e. The largest absolute Gasteiger partial charge is 0.329 e. The molecule has 0 amide bonds. The first-order valence-electron chi connectivity index (χ1n) is 7.00. The molecule has 21 heavy (non-hydrogen) atoms. The maximum atomic E-state index is 12.7. The van der Waals surface area contributed by atoms with Crippen molar-refractivity contribution in [2.45, 2.75) is 43.0 Å². The van der Waals surface area contributed by atoms with E-state index in [9.17, 15) is 8.42 Å². The van der Waals surface area contributed by atoms with Gasteiger partial charge in [0.25, 0.3) is 0 Å². The van der Waals surface area contributed by atoms with E-state index < -0.39 is 15.6 Å². The molecule has 0 bridgehead atoms. The highest BCUT2D eigenvalue weighted by Crippen LogP contribution is 2.36. The van der Waals surface area contributed by atoms with Gasteiger partial charge in [-0.15, -0.1) is 0 Å². The van der Waals surface area contributed by atoms with Crippen molar-refractivity contribution in [1.82, 2.24) is 4.72 Å².